The smallest absolute Gasteiger partial charge is 0.373 e. The minimum Gasteiger partial charge on any atom is -0.483 e. The second kappa shape index (κ2) is 6.52. The van der Waals surface area contributed by atoms with E-state index in [1.165, 1.54) is 12.0 Å². The maximum Gasteiger partial charge on any atom is 0.373 e. The van der Waals surface area contributed by atoms with Crippen molar-refractivity contribution in [3.05, 3.63) is 47.9 Å². The van der Waals surface area contributed by atoms with Gasteiger partial charge in [-0.15, -0.1) is 11.8 Å². The zero-order valence-corrected chi connectivity index (χ0v) is 12.4. The van der Waals surface area contributed by atoms with Gasteiger partial charge in [-0.1, -0.05) is 0 Å². The SMILES string of the molecule is COC(=O)c1ccc(C(C)Oc2ccc(SC)cc2)o1. The fourth-order valence-electron chi connectivity index (χ4n) is 1.70. The second-order valence-electron chi connectivity index (χ2n) is 4.13. The summed E-state index contributed by atoms with van der Waals surface area (Å²) >= 11 is 1.68. The molecule has 1 aromatic carbocycles. The van der Waals surface area contributed by atoms with Crippen LogP contribution in [0.15, 0.2) is 45.7 Å². The average molecular weight is 292 g/mol. The molecule has 2 aromatic rings. The van der Waals surface area contributed by atoms with Crippen molar-refractivity contribution in [3.8, 4) is 5.75 Å². The largest absolute Gasteiger partial charge is 0.483 e. The number of carbonyl (C=O) groups excluding carboxylic acids is 1. The van der Waals surface area contributed by atoms with Gasteiger partial charge in [0.1, 0.15) is 11.5 Å². The second-order valence-corrected chi connectivity index (χ2v) is 5.01. The predicted octanol–water partition coefficient (Wildman–Crippen LogP) is 3.93. The van der Waals surface area contributed by atoms with E-state index in [2.05, 4.69) is 4.74 Å². The molecule has 1 aromatic heterocycles. The molecule has 0 radical (unpaired) electrons. The van der Waals surface area contributed by atoms with E-state index in [4.69, 9.17) is 9.15 Å². The Morgan fingerprint density at radius 3 is 2.50 bits per heavy atom. The van der Waals surface area contributed by atoms with Gasteiger partial charge < -0.3 is 13.9 Å². The van der Waals surface area contributed by atoms with Gasteiger partial charge in [-0.2, -0.15) is 0 Å². The van der Waals surface area contributed by atoms with Crippen LogP contribution in [-0.4, -0.2) is 19.3 Å². The molecule has 0 fully saturated rings. The van der Waals surface area contributed by atoms with E-state index in [1.54, 1.807) is 23.9 Å². The molecule has 2 rings (SSSR count). The Labute approximate surface area is 122 Å². The van der Waals surface area contributed by atoms with E-state index in [-0.39, 0.29) is 11.9 Å². The number of hydrogen-bond donors (Lipinski definition) is 0. The molecule has 4 nitrogen and oxygen atoms in total. The highest BCUT2D eigenvalue weighted by Gasteiger charge is 2.16. The van der Waals surface area contributed by atoms with Gasteiger partial charge in [-0.3, -0.25) is 0 Å². The lowest BCUT2D eigenvalue weighted by Crippen LogP contribution is -2.02. The molecule has 106 valence electrons. The monoisotopic (exact) mass is 292 g/mol. The van der Waals surface area contributed by atoms with Crippen molar-refractivity contribution in [2.75, 3.05) is 13.4 Å². The fraction of sp³-hybridized carbons (Fsp3) is 0.267. The summed E-state index contributed by atoms with van der Waals surface area (Å²) in [5, 5.41) is 0. The number of hydrogen-bond acceptors (Lipinski definition) is 5. The van der Waals surface area contributed by atoms with Crippen LogP contribution >= 0.6 is 11.8 Å². The van der Waals surface area contributed by atoms with Crippen LogP contribution in [0.1, 0.15) is 29.3 Å². The average Bonchev–Trinajstić information content (AvgIpc) is 2.97. The number of furan rings is 1. The van der Waals surface area contributed by atoms with Crippen molar-refractivity contribution >= 4 is 17.7 Å². The molecule has 0 saturated carbocycles. The van der Waals surface area contributed by atoms with Crippen molar-refractivity contribution in [1.82, 2.24) is 0 Å². The Morgan fingerprint density at radius 1 is 1.20 bits per heavy atom. The third kappa shape index (κ3) is 3.36. The minimum atomic E-state index is -0.493. The van der Waals surface area contributed by atoms with E-state index < -0.39 is 5.97 Å². The molecule has 0 bridgehead atoms. The lowest BCUT2D eigenvalue weighted by atomic mass is 10.3. The summed E-state index contributed by atoms with van der Waals surface area (Å²) < 4.78 is 15.8. The van der Waals surface area contributed by atoms with Gasteiger partial charge in [0.2, 0.25) is 5.76 Å². The lowest BCUT2D eigenvalue weighted by molar-refractivity contribution is 0.0558. The van der Waals surface area contributed by atoms with Crippen LogP contribution in [0.3, 0.4) is 0 Å². The van der Waals surface area contributed by atoms with Gasteiger partial charge in [0.05, 0.1) is 7.11 Å². The Kier molecular flexibility index (Phi) is 4.74. The summed E-state index contributed by atoms with van der Waals surface area (Å²) in [6.45, 7) is 1.86. The molecule has 5 heteroatoms. The number of thioether (sulfide) groups is 1. The Balaban J connectivity index is 2.05. The normalized spacial score (nSPS) is 11.9. The molecule has 0 spiro atoms. The van der Waals surface area contributed by atoms with Crippen LogP contribution in [0.2, 0.25) is 0 Å². The standard InChI is InChI=1S/C15H16O4S/c1-10(13-8-9-14(19-13)15(16)17-2)18-11-4-6-12(20-3)7-5-11/h4-10H,1-3H3. The topological polar surface area (TPSA) is 48.7 Å². The molecule has 0 aliphatic heterocycles. The van der Waals surface area contributed by atoms with Crippen LogP contribution in [0.5, 0.6) is 5.75 Å². The zero-order chi connectivity index (χ0) is 14.5. The number of benzene rings is 1. The molecular formula is C15H16O4S. The fourth-order valence-corrected chi connectivity index (χ4v) is 2.11. The molecule has 0 saturated heterocycles. The minimum absolute atomic E-state index is 0.177. The van der Waals surface area contributed by atoms with Crippen LogP contribution in [0.25, 0.3) is 0 Å². The number of carbonyl (C=O) groups is 1. The summed E-state index contributed by atoms with van der Waals surface area (Å²) in [5.74, 6) is 1.02. The summed E-state index contributed by atoms with van der Waals surface area (Å²) in [6, 6.07) is 11.1. The molecule has 0 amide bonds. The number of ether oxygens (including phenoxy) is 2. The predicted molar refractivity (Wildman–Crippen MR) is 77.3 cm³/mol. The van der Waals surface area contributed by atoms with Gasteiger partial charge in [-0.05, 0) is 49.6 Å². The van der Waals surface area contributed by atoms with Gasteiger partial charge in [0.15, 0.2) is 6.10 Å². The number of rotatable bonds is 5. The first kappa shape index (κ1) is 14.5. The molecule has 0 N–H and O–H groups in total. The first-order valence-electron chi connectivity index (χ1n) is 6.13. The van der Waals surface area contributed by atoms with Crippen molar-refractivity contribution in [1.29, 1.82) is 0 Å². The molecule has 20 heavy (non-hydrogen) atoms. The molecular weight excluding hydrogens is 276 g/mol. The van der Waals surface area contributed by atoms with Crippen LogP contribution in [0, 0.1) is 0 Å². The number of esters is 1. The van der Waals surface area contributed by atoms with E-state index in [1.807, 2.05) is 37.4 Å². The lowest BCUT2D eigenvalue weighted by Gasteiger charge is -2.12. The third-order valence-electron chi connectivity index (χ3n) is 2.79. The van der Waals surface area contributed by atoms with Crippen molar-refractivity contribution < 1.29 is 18.7 Å². The highest BCUT2D eigenvalue weighted by molar-refractivity contribution is 7.98. The van der Waals surface area contributed by atoms with E-state index in [9.17, 15) is 4.79 Å². The number of methoxy groups -OCH3 is 1. The highest BCUT2D eigenvalue weighted by atomic mass is 32.2. The summed E-state index contributed by atoms with van der Waals surface area (Å²) in [5.41, 5.74) is 0. The summed E-state index contributed by atoms with van der Waals surface area (Å²) in [6.07, 6.45) is 1.74. The molecule has 1 unspecified atom stereocenters. The molecule has 1 heterocycles. The first-order chi connectivity index (χ1) is 9.63. The Hall–Kier alpha value is -1.88. The van der Waals surface area contributed by atoms with Gasteiger partial charge in [0.25, 0.3) is 0 Å². The van der Waals surface area contributed by atoms with Crippen LogP contribution < -0.4 is 4.74 Å². The summed E-state index contributed by atoms with van der Waals surface area (Å²) in [7, 11) is 1.32. The maximum atomic E-state index is 11.3. The van der Waals surface area contributed by atoms with Gasteiger partial charge in [0, 0.05) is 4.90 Å². The molecule has 0 aliphatic carbocycles. The van der Waals surface area contributed by atoms with Crippen LogP contribution in [-0.2, 0) is 4.74 Å². The molecule has 0 aliphatic rings. The summed E-state index contributed by atoms with van der Waals surface area (Å²) in [4.78, 5) is 12.5. The maximum absolute atomic E-state index is 11.3. The van der Waals surface area contributed by atoms with Crippen molar-refractivity contribution in [2.24, 2.45) is 0 Å². The molecule has 1 atom stereocenters. The zero-order valence-electron chi connectivity index (χ0n) is 11.6. The van der Waals surface area contributed by atoms with Gasteiger partial charge >= 0.3 is 5.97 Å². The highest BCUT2D eigenvalue weighted by Crippen LogP contribution is 2.25. The van der Waals surface area contributed by atoms with Crippen molar-refractivity contribution in [2.45, 2.75) is 17.9 Å². The van der Waals surface area contributed by atoms with E-state index in [0.717, 1.165) is 5.75 Å². The quantitative estimate of drug-likeness (QED) is 0.617. The van der Waals surface area contributed by atoms with Crippen LogP contribution in [0.4, 0.5) is 0 Å². The first-order valence-corrected chi connectivity index (χ1v) is 7.35. The van der Waals surface area contributed by atoms with Crippen molar-refractivity contribution in [3.63, 3.8) is 0 Å². The third-order valence-corrected chi connectivity index (χ3v) is 3.53. The Morgan fingerprint density at radius 2 is 1.90 bits per heavy atom. The van der Waals surface area contributed by atoms with E-state index >= 15 is 0 Å². The van der Waals surface area contributed by atoms with E-state index in [0.29, 0.717) is 5.76 Å². The Bertz CT molecular complexity index is 574. The van der Waals surface area contributed by atoms with Gasteiger partial charge in [-0.25, -0.2) is 4.79 Å².